The molecule has 0 N–H and O–H groups in total. The van der Waals surface area contributed by atoms with Gasteiger partial charge in [-0.05, 0) is 133 Å². The van der Waals surface area contributed by atoms with Crippen LogP contribution in [0.4, 0.5) is 28.4 Å². The Morgan fingerprint density at radius 2 is 1.00 bits per heavy atom. The largest absolute Gasteiger partial charge is 0.338 e. The molecule has 286 valence electrons. The second-order valence-electron chi connectivity index (χ2n) is 16.7. The summed E-state index contributed by atoms with van der Waals surface area (Å²) in [5.41, 5.74) is 12.7. The molecule has 0 radical (unpaired) electrons. The maximum absolute atomic E-state index is 2.64. The van der Waals surface area contributed by atoms with Crippen LogP contribution in [-0.4, -0.2) is 6.04 Å². The molecule has 1 fully saturated rings. The van der Waals surface area contributed by atoms with Crippen LogP contribution in [-0.2, 0) is 0 Å². The van der Waals surface area contributed by atoms with Crippen LogP contribution in [0.25, 0.3) is 65.3 Å². The summed E-state index contributed by atoms with van der Waals surface area (Å²) in [7, 11) is 0. The van der Waals surface area contributed by atoms with Crippen molar-refractivity contribution in [3.63, 3.8) is 0 Å². The Labute approximate surface area is 351 Å². The molecule has 1 aliphatic carbocycles. The summed E-state index contributed by atoms with van der Waals surface area (Å²) >= 11 is 0. The second-order valence-corrected chi connectivity index (χ2v) is 16.7. The third kappa shape index (κ3) is 5.55. The summed E-state index contributed by atoms with van der Waals surface area (Å²) in [6, 6.07) is 77.1. The van der Waals surface area contributed by atoms with Gasteiger partial charge in [-0.3, -0.25) is 0 Å². The van der Waals surface area contributed by atoms with E-state index in [4.69, 9.17) is 0 Å². The maximum Gasteiger partial charge on any atom is 0.0540 e. The Kier molecular flexibility index (Phi) is 8.30. The quantitative estimate of drug-likeness (QED) is 0.155. The van der Waals surface area contributed by atoms with Gasteiger partial charge in [0, 0.05) is 40.1 Å². The lowest BCUT2D eigenvalue weighted by atomic mass is 9.82. The third-order valence-electron chi connectivity index (χ3n) is 13.4. The highest BCUT2D eigenvalue weighted by Crippen LogP contribution is 2.52. The highest BCUT2D eigenvalue weighted by atomic mass is 15.2. The van der Waals surface area contributed by atoms with Gasteiger partial charge in [0.2, 0.25) is 0 Å². The minimum atomic E-state index is 0.525. The number of hydrogen-bond donors (Lipinski definition) is 0. The molecule has 0 bridgehead atoms. The summed E-state index contributed by atoms with van der Waals surface area (Å²) in [6.45, 7) is 0. The van der Waals surface area contributed by atoms with Gasteiger partial charge in [-0.2, -0.15) is 0 Å². The smallest absolute Gasteiger partial charge is 0.0540 e. The van der Waals surface area contributed by atoms with Crippen molar-refractivity contribution in [1.29, 1.82) is 0 Å². The molecule has 12 rings (SSSR count). The molecule has 0 saturated heterocycles. The van der Waals surface area contributed by atoms with E-state index in [1.165, 1.54) is 108 Å². The first kappa shape index (κ1) is 34.8. The van der Waals surface area contributed by atoms with Gasteiger partial charge in [0.25, 0.3) is 0 Å². The number of para-hydroxylation sites is 2. The van der Waals surface area contributed by atoms with Crippen molar-refractivity contribution in [2.24, 2.45) is 0 Å². The molecular weight excluding hydrogens is 725 g/mol. The molecule has 10 aromatic carbocycles. The molecule has 2 nitrogen and oxygen atoms in total. The molecule has 0 spiro atoms. The lowest BCUT2D eigenvalue weighted by Crippen LogP contribution is -2.32. The average Bonchev–Trinajstić information content (AvgIpc) is 3.66. The standard InChI is InChI=1S/C58H44N2/c1-2-18-42(19-3-1)59(43-32-34-44(35-33-43)60-54-28-14-12-22-47(54)48-23-13-15-29-55(48)60)56-37-36-53(45-20-6-7-21-46(45)56)58-51-26-10-8-24-49(51)57(50-25-9-11-27-52(50)58)41-31-30-39-16-4-5-17-40(39)38-41/h1-12,14,16-22,24-28,30-38,48,55H,13,15,23,29H2/t48?,55-/m1/s1. The highest BCUT2D eigenvalue weighted by molar-refractivity contribution is 6.24. The van der Waals surface area contributed by atoms with Crippen LogP contribution in [0, 0.1) is 0 Å². The van der Waals surface area contributed by atoms with Crippen LogP contribution >= 0.6 is 0 Å². The molecule has 2 aliphatic rings. The molecule has 0 amide bonds. The number of hydrogen-bond acceptors (Lipinski definition) is 2. The second kappa shape index (κ2) is 14.3. The monoisotopic (exact) mass is 768 g/mol. The van der Waals surface area contributed by atoms with E-state index in [2.05, 4.69) is 216 Å². The van der Waals surface area contributed by atoms with Crippen LogP contribution in [0.1, 0.15) is 37.2 Å². The zero-order valence-electron chi connectivity index (χ0n) is 33.5. The normalized spacial score (nSPS) is 16.0. The van der Waals surface area contributed by atoms with Crippen molar-refractivity contribution in [3.05, 3.63) is 212 Å². The van der Waals surface area contributed by atoms with Crippen molar-refractivity contribution >= 4 is 71.5 Å². The van der Waals surface area contributed by atoms with E-state index in [1.54, 1.807) is 0 Å². The molecule has 10 aromatic rings. The number of benzene rings is 10. The van der Waals surface area contributed by atoms with Gasteiger partial charge in [-0.15, -0.1) is 0 Å². The van der Waals surface area contributed by atoms with Gasteiger partial charge in [0.15, 0.2) is 0 Å². The third-order valence-corrected chi connectivity index (χ3v) is 13.4. The first-order valence-corrected chi connectivity index (χ1v) is 21.6. The molecule has 1 saturated carbocycles. The first-order chi connectivity index (χ1) is 29.8. The number of nitrogens with zero attached hydrogens (tertiary/aromatic N) is 2. The molecule has 0 aromatic heterocycles. The van der Waals surface area contributed by atoms with Crippen LogP contribution in [0.15, 0.2) is 206 Å². The molecule has 1 unspecified atom stereocenters. The van der Waals surface area contributed by atoms with Gasteiger partial charge < -0.3 is 9.80 Å². The molecule has 2 atom stereocenters. The summed E-state index contributed by atoms with van der Waals surface area (Å²) in [5.74, 6) is 0.615. The summed E-state index contributed by atoms with van der Waals surface area (Å²) in [4.78, 5) is 5.08. The molecule has 1 aliphatic heterocycles. The SMILES string of the molecule is c1ccc(N(c2ccc(N3c4ccccc4C4CCCC[C@H]43)cc2)c2ccc(-c3c4ccccc4c(-c4ccc5ccccc5c4)c4ccccc34)c3ccccc23)cc1. The van der Waals surface area contributed by atoms with Crippen LogP contribution < -0.4 is 9.80 Å². The maximum atomic E-state index is 2.64. The van der Waals surface area contributed by atoms with E-state index in [-0.39, 0.29) is 0 Å². The van der Waals surface area contributed by atoms with E-state index < -0.39 is 0 Å². The van der Waals surface area contributed by atoms with Crippen LogP contribution in [0.5, 0.6) is 0 Å². The highest BCUT2D eigenvalue weighted by Gasteiger charge is 2.40. The fraction of sp³-hybridized carbons (Fsp3) is 0.103. The average molecular weight is 769 g/mol. The molecule has 1 heterocycles. The minimum Gasteiger partial charge on any atom is -0.338 e. The Balaban J connectivity index is 1.02. The molecular formula is C58H44N2. The fourth-order valence-corrected chi connectivity index (χ4v) is 10.8. The van der Waals surface area contributed by atoms with E-state index in [9.17, 15) is 0 Å². The van der Waals surface area contributed by atoms with Gasteiger partial charge in [0.1, 0.15) is 0 Å². The van der Waals surface area contributed by atoms with Crippen LogP contribution in [0.3, 0.4) is 0 Å². The van der Waals surface area contributed by atoms with E-state index in [0.717, 1.165) is 17.1 Å². The summed E-state index contributed by atoms with van der Waals surface area (Å²) in [6.07, 6.45) is 5.15. The minimum absolute atomic E-state index is 0.525. The zero-order valence-corrected chi connectivity index (χ0v) is 33.5. The predicted molar refractivity (Wildman–Crippen MR) is 256 cm³/mol. The van der Waals surface area contributed by atoms with Gasteiger partial charge in [0.05, 0.1) is 5.69 Å². The Morgan fingerprint density at radius 1 is 0.417 bits per heavy atom. The van der Waals surface area contributed by atoms with Gasteiger partial charge >= 0.3 is 0 Å². The van der Waals surface area contributed by atoms with Crippen molar-refractivity contribution in [1.82, 2.24) is 0 Å². The van der Waals surface area contributed by atoms with Crippen molar-refractivity contribution < 1.29 is 0 Å². The van der Waals surface area contributed by atoms with Crippen LogP contribution in [0.2, 0.25) is 0 Å². The van der Waals surface area contributed by atoms with Gasteiger partial charge in [-0.25, -0.2) is 0 Å². The lowest BCUT2D eigenvalue weighted by Gasteiger charge is -2.34. The first-order valence-electron chi connectivity index (χ1n) is 21.6. The molecule has 60 heavy (non-hydrogen) atoms. The number of fused-ring (bicyclic) bond motifs is 7. The number of anilines is 5. The zero-order chi connectivity index (χ0) is 39.6. The van der Waals surface area contributed by atoms with Crippen molar-refractivity contribution in [3.8, 4) is 22.3 Å². The number of rotatable bonds is 6. The van der Waals surface area contributed by atoms with Gasteiger partial charge in [-0.1, -0.05) is 165 Å². The Bertz CT molecular complexity index is 3180. The van der Waals surface area contributed by atoms with Crippen molar-refractivity contribution in [2.75, 3.05) is 9.80 Å². The fourth-order valence-electron chi connectivity index (χ4n) is 10.8. The topological polar surface area (TPSA) is 6.48 Å². The summed E-state index contributed by atoms with van der Waals surface area (Å²) in [5, 5.41) is 10.0. The van der Waals surface area contributed by atoms with E-state index in [1.807, 2.05) is 0 Å². The summed E-state index contributed by atoms with van der Waals surface area (Å²) < 4.78 is 0. The Hall–Kier alpha value is -7.16. The van der Waals surface area contributed by atoms with E-state index >= 15 is 0 Å². The lowest BCUT2D eigenvalue weighted by molar-refractivity contribution is 0.402. The van der Waals surface area contributed by atoms with E-state index in [0.29, 0.717) is 12.0 Å². The van der Waals surface area contributed by atoms with Crippen molar-refractivity contribution in [2.45, 2.75) is 37.6 Å². The molecule has 2 heteroatoms. The predicted octanol–water partition coefficient (Wildman–Crippen LogP) is 16.3. The Morgan fingerprint density at radius 3 is 1.75 bits per heavy atom.